The summed E-state index contributed by atoms with van der Waals surface area (Å²) in [7, 11) is 0. The molecule has 2 N–H and O–H groups in total. The number of benzene rings is 1. The van der Waals surface area contributed by atoms with E-state index in [2.05, 4.69) is 15.8 Å². The number of amides is 2. The summed E-state index contributed by atoms with van der Waals surface area (Å²) < 4.78 is 7.14. The van der Waals surface area contributed by atoms with Crippen LogP contribution in [0.4, 0.5) is 0 Å². The second-order valence-electron chi connectivity index (χ2n) is 6.56. The highest BCUT2D eigenvalue weighted by Crippen LogP contribution is 2.24. The molecule has 2 heterocycles. The molecule has 0 aliphatic rings. The lowest BCUT2D eigenvalue weighted by molar-refractivity contribution is -0.139. The average molecular weight is 413 g/mol. The molecule has 0 radical (unpaired) electrons. The van der Waals surface area contributed by atoms with E-state index in [9.17, 15) is 9.59 Å². The smallest absolute Gasteiger partial charge is 0.329 e. The van der Waals surface area contributed by atoms with Crippen LogP contribution in [0.15, 0.2) is 52.2 Å². The Bertz CT molecular complexity index is 1070. The highest BCUT2D eigenvalue weighted by Gasteiger charge is 2.13. The van der Waals surface area contributed by atoms with Gasteiger partial charge in [-0.25, -0.2) is 5.43 Å². The number of hydrogen-bond acceptors (Lipinski definition) is 4. The molecule has 0 aliphatic carbocycles. The van der Waals surface area contributed by atoms with Crippen molar-refractivity contribution in [2.24, 2.45) is 5.10 Å². The minimum Gasteiger partial charge on any atom is -0.467 e. The molecule has 1 aromatic carbocycles. The van der Waals surface area contributed by atoms with Gasteiger partial charge in [-0.15, -0.1) is 0 Å². The average Bonchev–Trinajstić information content (AvgIpc) is 3.30. The predicted molar refractivity (Wildman–Crippen MR) is 111 cm³/mol. The van der Waals surface area contributed by atoms with Gasteiger partial charge < -0.3 is 14.3 Å². The van der Waals surface area contributed by atoms with E-state index in [0.29, 0.717) is 10.8 Å². The summed E-state index contributed by atoms with van der Waals surface area (Å²) in [5.41, 5.74) is 6.92. The van der Waals surface area contributed by atoms with Gasteiger partial charge in [0.1, 0.15) is 5.76 Å². The van der Waals surface area contributed by atoms with Gasteiger partial charge in [0.05, 0.1) is 19.0 Å². The zero-order chi connectivity index (χ0) is 21.0. The zero-order valence-corrected chi connectivity index (χ0v) is 17.1. The van der Waals surface area contributed by atoms with E-state index in [0.717, 1.165) is 28.2 Å². The summed E-state index contributed by atoms with van der Waals surface area (Å²) in [6, 6.07) is 11.2. The zero-order valence-electron chi connectivity index (χ0n) is 16.3. The van der Waals surface area contributed by atoms with Crippen LogP contribution >= 0.6 is 11.6 Å². The van der Waals surface area contributed by atoms with Crippen LogP contribution in [0.25, 0.3) is 5.69 Å². The SMILES string of the molecule is Cc1ccc(-n2c(C)cc(/C=N\NC(=O)C(=O)NCc3ccco3)c2C)cc1Cl. The van der Waals surface area contributed by atoms with Gasteiger partial charge in [-0.3, -0.25) is 9.59 Å². The van der Waals surface area contributed by atoms with Crippen LogP contribution in [0, 0.1) is 20.8 Å². The third kappa shape index (κ3) is 4.75. The van der Waals surface area contributed by atoms with Crippen molar-refractivity contribution in [1.82, 2.24) is 15.3 Å². The van der Waals surface area contributed by atoms with E-state index in [4.69, 9.17) is 16.0 Å². The first-order chi connectivity index (χ1) is 13.9. The van der Waals surface area contributed by atoms with Crippen LogP contribution in [0.3, 0.4) is 0 Å². The first-order valence-corrected chi connectivity index (χ1v) is 9.33. The van der Waals surface area contributed by atoms with Gasteiger partial charge in [0.25, 0.3) is 0 Å². The number of halogens is 1. The lowest BCUT2D eigenvalue weighted by atomic mass is 10.2. The van der Waals surface area contributed by atoms with Crippen molar-refractivity contribution in [3.05, 3.63) is 76.0 Å². The Balaban J connectivity index is 1.65. The van der Waals surface area contributed by atoms with Gasteiger partial charge in [0, 0.05) is 27.7 Å². The molecule has 0 saturated carbocycles. The lowest BCUT2D eigenvalue weighted by Crippen LogP contribution is -2.37. The summed E-state index contributed by atoms with van der Waals surface area (Å²) in [6.07, 6.45) is 3.00. The summed E-state index contributed by atoms with van der Waals surface area (Å²) in [5, 5.41) is 7.05. The highest BCUT2D eigenvalue weighted by molar-refractivity contribution is 6.35. The number of hydrogen-bond donors (Lipinski definition) is 2. The molecule has 0 saturated heterocycles. The van der Waals surface area contributed by atoms with E-state index in [1.54, 1.807) is 12.1 Å². The largest absolute Gasteiger partial charge is 0.467 e. The molecule has 0 fully saturated rings. The maximum Gasteiger partial charge on any atom is 0.329 e. The number of aryl methyl sites for hydroxylation is 2. The Hall–Kier alpha value is -3.32. The molecular formula is C21H21ClN4O3. The molecule has 3 rings (SSSR count). The Morgan fingerprint density at radius 3 is 2.66 bits per heavy atom. The minimum absolute atomic E-state index is 0.128. The van der Waals surface area contributed by atoms with Crippen LogP contribution in [0.5, 0.6) is 0 Å². The van der Waals surface area contributed by atoms with E-state index in [1.807, 2.05) is 49.6 Å². The van der Waals surface area contributed by atoms with Gasteiger partial charge in [0.2, 0.25) is 0 Å². The van der Waals surface area contributed by atoms with E-state index in [1.165, 1.54) is 12.5 Å². The number of carbonyl (C=O) groups excluding carboxylic acids is 2. The topological polar surface area (TPSA) is 88.6 Å². The molecule has 7 nitrogen and oxygen atoms in total. The molecular weight excluding hydrogens is 392 g/mol. The Labute approximate surface area is 173 Å². The van der Waals surface area contributed by atoms with Gasteiger partial charge in [-0.05, 0) is 56.7 Å². The lowest BCUT2D eigenvalue weighted by Gasteiger charge is -2.11. The van der Waals surface area contributed by atoms with Crippen molar-refractivity contribution in [3.63, 3.8) is 0 Å². The van der Waals surface area contributed by atoms with Crippen molar-refractivity contribution in [3.8, 4) is 5.69 Å². The molecule has 0 aliphatic heterocycles. The third-order valence-corrected chi connectivity index (χ3v) is 4.87. The van der Waals surface area contributed by atoms with Crippen LogP contribution in [-0.2, 0) is 16.1 Å². The van der Waals surface area contributed by atoms with E-state index < -0.39 is 11.8 Å². The fourth-order valence-electron chi connectivity index (χ4n) is 2.91. The normalized spacial score (nSPS) is 11.0. The van der Waals surface area contributed by atoms with Gasteiger partial charge in [-0.2, -0.15) is 5.10 Å². The van der Waals surface area contributed by atoms with Gasteiger partial charge in [0.15, 0.2) is 0 Å². The molecule has 2 aromatic heterocycles. The second-order valence-corrected chi connectivity index (χ2v) is 6.96. The Morgan fingerprint density at radius 1 is 1.17 bits per heavy atom. The number of rotatable bonds is 5. The summed E-state index contributed by atoms with van der Waals surface area (Å²) in [6.45, 7) is 6.00. The number of nitrogens with one attached hydrogen (secondary N) is 2. The van der Waals surface area contributed by atoms with Crippen molar-refractivity contribution in [1.29, 1.82) is 0 Å². The second kappa shape index (κ2) is 8.79. The van der Waals surface area contributed by atoms with Crippen molar-refractivity contribution >= 4 is 29.6 Å². The van der Waals surface area contributed by atoms with Gasteiger partial charge >= 0.3 is 11.8 Å². The van der Waals surface area contributed by atoms with E-state index >= 15 is 0 Å². The quantitative estimate of drug-likeness (QED) is 0.382. The summed E-state index contributed by atoms with van der Waals surface area (Å²) in [5.74, 6) is -1.09. The van der Waals surface area contributed by atoms with Crippen molar-refractivity contribution in [2.45, 2.75) is 27.3 Å². The van der Waals surface area contributed by atoms with Crippen molar-refractivity contribution < 1.29 is 14.0 Å². The molecule has 0 unspecified atom stereocenters. The maximum atomic E-state index is 11.9. The third-order valence-electron chi connectivity index (χ3n) is 4.46. The Morgan fingerprint density at radius 2 is 1.97 bits per heavy atom. The van der Waals surface area contributed by atoms with Crippen LogP contribution in [0.2, 0.25) is 5.02 Å². The highest BCUT2D eigenvalue weighted by atomic mass is 35.5. The fraction of sp³-hybridized carbons (Fsp3) is 0.190. The van der Waals surface area contributed by atoms with Crippen LogP contribution < -0.4 is 10.7 Å². The molecule has 0 bridgehead atoms. The molecule has 3 aromatic rings. The number of furan rings is 1. The number of aromatic nitrogens is 1. The molecule has 0 atom stereocenters. The molecule has 2 amide bonds. The van der Waals surface area contributed by atoms with E-state index in [-0.39, 0.29) is 6.54 Å². The van der Waals surface area contributed by atoms with Crippen LogP contribution in [-0.4, -0.2) is 22.6 Å². The Kier molecular flexibility index (Phi) is 6.19. The minimum atomic E-state index is -0.855. The maximum absolute atomic E-state index is 11.9. The first-order valence-electron chi connectivity index (χ1n) is 8.96. The molecule has 8 heteroatoms. The summed E-state index contributed by atoms with van der Waals surface area (Å²) >= 11 is 6.25. The monoisotopic (exact) mass is 412 g/mol. The van der Waals surface area contributed by atoms with Crippen molar-refractivity contribution in [2.75, 3.05) is 0 Å². The molecule has 0 spiro atoms. The number of hydrazone groups is 1. The first kappa shape index (κ1) is 20.4. The summed E-state index contributed by atoms with van der Waals surface area (Å²) in [4.78, 5) is 23.6. The number of carbonyl (C=O) groups is 2. The fourth-order valence-corrected chi connectivity index (χ4v) is 3.08. The number of nitrogens with zero attached hydrogens (tertiary/aromatic N) is 2. The van der Waals surface area contributed by atoms with Gasteiger partial charge in [-0.1, -0.05) is 17.7 Å². The predicted octanol–water partition coefficient (Wildman–Crippen LogP) is 3.42. The molecule has 150 valence electrons. The standard InChI is InChI=1S/C21H21ClN4O3/c1-13-6-7-17(10-19(13)22)26-14(2)9-16(15(26)3)11-24-25-21(28)20(27)23-12-18-5-4-8-29-18/h4-11H,12H2,1-3H3,(H,23,27)(H,25,28)/b24-11-. The van der Waals surface area contributed by atoms with Crippen LogP contribution in [0.1, 0.15) is 28.3 Å². The molecule has 29 heavy (non-hydrogen) atoms.